The second kappa shape index (κ2) is 12.9. The van der Waals surface area contributed by atoms with Crippen molar-refractivity contribution in [1.82, 2.24) is 19.8 Å². The number of carbonyl (C=O) groups is 2. The topological polar surface area (TPSA) is 108 Å². The highest BCUT2D eigenvalue weighted by atomic mass is 16.1. The van der Waals surface area contributed by atoms with Crippen LogP contribution in [0.15, 0.2) is 6.20 Å². The molecule has 1 aliphatic heterocycles. The van der Waals surface area contributed by atoms with Crippen molar-refractivity contribution in [2.75, 3.05) is 50.5 Å². The van der Waals surface area contributed by atoms with Crippen molar-refractivity contribution in [3.8, 4) is 0 Å². The Morgan fingerprint density at radius 1 is 1.15 bits per heavy atom. The molecule has 2 amide bonds. The second-order valence-electron chi connectivity index (χ2n) is 10.3. The molecule has 1 saturated heterocycles. The van der Waals surface area contributed by atoms with Gasteiger partial charge in [-0.1, -0.05) is 26.2 Å². The average molecular weight is 474 g/mol. The maximum atomic E-state index is 12.1. The molecule has 9 nitrogen and oxygen atoms in total. The molecule has 2 heterocycles. The molecule has 3 atom stereocenters. The first kappa shape index (κ1) is 26.2. The number of nitrogens with two attached hydrogens (primary N) is 1. The van der Waals surface area contributed by atoms with E-state index in [-0.39, 0.29) is 17.8 Å². The van der Waals surface area contributed by atoms with Crippen LogP contribution >= 0.6 is 0 Å². The van der Waals surface area contributed by atoms with Crippen LogP contribution in [-0.4, -0.2) is 84.4 Å². The zero-order valence-corrected chi connectivity index (χ0v) is 21.2. The first-order chi connectivity index (χ1) is 16.4. The van der Waals surface area contributed by atoms with Gasteiger partial charge >= 0.3 is 0 Å². The van der Waals surface area contributed by atoms with Crippen LogP contribution in [0.25, 0.3) is 0 Å². The van der Waals surface area contributed by atoms with Crippen LogP contribution < -0.4 is 16.0 Å². The lowest BCUT2D eigenvalue weighted by atomic mass is 9.90. The van der Waals surface area contributed by atoms with E-state index in [9.17, 15) is 9.59 Å². The number of anilines is 2. The molecule has 0 aromatic carbocycles. The number of aromatic nitrogens is 2. The lowest BCUT2D eigenvalue weighted by Gasteiger charge is -2.32. The van der Waals surface area contributed by atoms with Crippen molar-refractivity contribution in [2.45, 2.75) is 76.8 Å². The Morgan fingerprint density at radius 3 is 2.65 bits per heavy atom. The Hall–Kier alpha value is -2.42. The summed E-state index contributed by atoms with van der Waals surface area (Å²) in [4.78, 5) is 39.4. The van der Waals surface area contributed by atoms with Gasteiger partial charge in [-0.05, 0) is 58.5 Å². The lowest BCUT2D eigenvalue weighted by Crippen LogP contribution is -2.45. The fourth-order valence-electron chi connectivity index (χ4n) is 5.04. The van der Waals surface area contributed by atoms with E-state index in [1.165, 1.54) is 25.7 Å². The van der Waals surface area contributed by atoms with E-state index < -0.39 is 5.91 Å². The molecule has 3 N–H and O–H groups in total. The van der Waals surface area contributed by atoms with Gasteiger partial charge in [0.2, 0.25) is 6.41 Å². The number of rotatable bonds is 9. The Labute approximate surface area is 204 Å². The summed E-state index contributed by atoms with van der Waals surface area (Å²) in [7, 11) is 4.03. The SMILES string of the molecule is CC1CCCCC(Nc2nc(N3CCCCC(N(C=O)CCN(C)C)C3)cnc2C(N)=O)CC1. The molecule has 2 fully saturated rings. The Balaban J connectivity index is 1.78. The molecule has 0 radical (unpaired) electrons. The van der Waals surface area contributed by atoms with Gasteiger partial charge in [0.15, 0.2) is 11.5 Å². The highest BCUT2D eigenvalue weighted by molar-refractivity contribution is 5.95. The third-order valence-electron chi connectivity index (χ3n) is 7.22. The predicted octanol–water partition coefficient (Wildman–Crippen LogP) is 2.73. The smallest absolute Gasteiger partial charge is 0.271 e. The predicted molar refractivity (Wildman–Crippen MR) is 136 cm³/mol. The maximum absolute atomic E-state index is 12.1. The van der Waals surface area contributed by atoms with Gasteiger partial charge in [0.1, 0.15) is 5.82 Å². The summed E-state index contributed by atoms with van der Waals surface area (Å²) in [6, 6.07) is 0.389. The summed E-state index contributed by atoms with van der Waals surface area (Å²) in [5, 5.41) is 3.52. The molecule has 0 bridgehead atoms. The van der Waals surface area contributed by atoms with Gasteiger partial charge in [-0.15, -0.1) is 0 Å². The number of carbonyl (C=O) groups excluding carboxylic acids is 2. The molecule has 34 heavy (non-hydrogen) atoms. The van der Waals surface area contributed by atoms with E-state index >= 15 is 0 Å². The highest BCUT2D eigenvalue weighted by Crippen LogP contribution is 2.26. The third kappa shape index (κ3) is 7.55. The van der Waals surface area contributed by atoms with Crippen LogP contribution in [0.3, 0.4) is 0 Å². The zero-order chi connectivity index (χ0) is 24.5. The molecule has 1 aromatic heterocycles. The van der Waals surface area contributed by atoms with Crippen molar-refractivity contribution < 1.29 is 9.59 Å². The van der Waals surface area contributed by atoms with E-state index in [1.807, 2.05) is 19.0 Å². The molecule has 1 aromatic rings. The number of nitrogens with zero attached hydrogens (tertiary/aromatic N) is 5. The number of hydrogen-bond acceptors (Lipinski definition) is 7. The monoisotopic (exact) mass is 473 g/mol. The summed E-state index contributed by atoms with van der Waals surface area (Å²) in [5.41, 5.74) is 5.84. The van der Waals surface area contributed by atoms with Crippen LogP contribution in [0, 0.1) is 5.92 Å². The molecular formula is C25H43N7O2. The minimum absolute atomic E-state index is 0.126. The van der Waals surface area contributed by atoms with Crippen LogP contribution in [-0.2, 0) is 4.79 Å². The maximum Gasteiger partial charge on any atom is 0.271 e. The summed E-state index contributed by atoms with van der Waals surface area (Å²) < 4.78 is 0. The van der Waals surface area contributed by atoms with E-state index in [0.29, 0.717) is 18.9 Å². The number of amides is 2. The van der Waals surface area contributed by atoms with Crippen LogP contribution in [0.5, 0.6) is 0 Å². The Bertz CT molecular complexity index is 803. The summed E-state index contributed by atoms with van der Waals surface area (Å²) in [6.07, 6.45) is 12.7. The van der Waals surface area contributed by atoms with Gasteiger partial charge < -0.3 is 25.8 Å². The minimum atomic E-state index is -0.565. The quantitative estimate of drug-likeness (QED) is 0.531. The Morgan fingerprint density at radius 2 is 1.91 bits per heavy atom. The number of hydrogen-bond donors (Lipinski definition) is 2. The molecule has 3 rings (SSSR count). The fraction of sp³-hybridized carbons (Fsp3) is 0.760. The van der Waals surface area contributed by atoms with Crippen molar-refractivity contribution in [2.24, 2.45) is 11.7 Å². The van der Waals surface area contributed by atoms with Gasteiger partial charge in [0, 0.05) is 38.3 Å². The Kier molecular flexibility index (Phi) is 9.92. The molecule has 190 valence electrons. The summed E-state index contributed by atoms with van der Waals surface area (Å²) in [6.45, 7) is 5.40. The number of likely N-dealkylation sites (N-methyl/N-ethyl adjacent to an activating group) is 1. The molecule has 2 aliphatic rings. The molecule has 1 saturated carbocycles. The van der Waals surface area contributed by atoms with E-state index in [1.54, 1.807) is 6.20 Å². The molecule has 0 spiro atoms. The standard InChI is InChI=1S/C25H43N7O2/c1-19-8-4-5-9-20(12-11-19)28-25-23(24(26)34)27-16-22(29-25)31-13-7-6-10-21(17-31)32(18-33)15-14-30(2)3/h16,18-21H,4-15,17H2,1-3H3,(H2,26,34)(H,28,29). The normalized spacial score (nSPS) is 24.1. The van der Waals surface area contributed by atoms with Gasteiger partial charge in [0.25, 0.3) is 5.91 Å². The zero-order valence-electron chi connectivity index (χ0n) is 21.2. The lowest BCUT2D eigenvalue weighted by molar-refractivity contribution is -0.120. The van der Waals surface area contributed by atoms with E-state index in [0.717, 1.165) is 63.3 Å². The largest absolute Gasteiger partial charge is 0.365 e. The summed E-state index contributed by atoms with van der Waals surface area (Å²) in [5.74, 6) is 1.38. The van der Waals surface area contributed by atoms with Crippen molar-refractivity contribution in [1.29, 1.82) is 0 Å². The molecule has 9 heteroatoms. The van der Waals surface area contributed by atoms with Crippen molar-refractivity contribution >= 4 is 24.0 Å². The average Bonchev–Trinajstić information content (AvgIpc) is 3.05. The second-order valence-corrected chi connectivity index (χ2v) is 10.3. The molecule has 3 unspecified atom stereocenters. The van der Waals surface area contributed by atoms with Crippen LogP contribution in [0.1, 0.15) is 75.2 Å². The number of primary amides is 1. The van der Waals surface area contributed by atoms with Crippen molar-refractivity contribution in [3.05, 3.63) is 11.9 Å². The minimum Gasteiger partial charge on any atom is -0.365 e. The van der Waals surface area contributed by atoms with Crippen molar-refractivity contribution in [3.63, 3.8) is 0 Å². The molecular weight excluding hydrogens is 430 g/mol. The van der Waals surface area contributed by atoms with Gasteiger partial charge in [-0.2, -0.15) is 0 Å². The third-order valence-corrected chi connectivity index (χ3v) is 7.22. The molecule has 1 aliphatic carbocycles. The highest BCUT2D eigenvalue weighted by Gasteiger charge is 2.26. The van der Waals surface area contributed by atoms with Gasteiger partial charge in [-0.25, -0.2) is 9.97 Å². The van der Waals surface area contributed by atoms with Crippen LogP contribution in [0.2, 0.25) is 0 Å². The fourth-order valence-corrected chi connectivity index (χ4v) is 5.04. The first-order valence-electron chi connectivity index (χ1n) is 12.9. The number of nitrogens with one attached hydrogen (secondary N) is 1. The van der Waals surface area contributed by atoms with E-state index in [2.05, 4.69) is 27.0 Å². The van der Waals surface area contributed by atoms with Gasteiger partial charge in [0.05, 0.1) is 6.20 Å². The van der Waals surface area contributed by atoms with Crippen LogP contribution in [0.4, 0.5) is 11.6 Å². The van der Waals surface area contributed by atoms with E-state index in [4.69, 9.17) is 10.7 Å². The first-order valence-corrected chi connectivity index (χ1v) is 12.9. The summed E-state index contributed by atoms with van der Waals surface area (Å²) >= 11 is 0. The van der Waals surface area contributed by atoms with Gasteiger partial charge in [-0.3, -0.25) is 9.59 Å².